The Kier molecular flexibility index (Phi) is 4.66. The summed E-state index contributed by atoms with van der Waals surface area (Å²) in [4.78, 5) is 2.76. The lowest BCUT2D eigenvalue weighted by Crippen LogP contribution is -2.47. The molecule has 16 heavy (non-hydrogen) atoms. The first-order chi connectivity index (χ1) is 7.85. The summed E-state index contributed by atoms with van der Waals surface area (Å²) in [7, 11) is 0. The Morgan fingerprint density at radius 1 is 1.19 bits per heavy atom. The third kappa shape index (κ3) is 2.78. The molecular formula is C14H28N2. The maximum absolute atomic E-state index is 3.70. The van der Waals surface area contributed by atoms with Gasteiger partial charge in [0.15, 0.2) is 0 Å². The minimum absolute atomic E-state index is 0.831. The highest BCUT2D eigenvalue weighted by Crippen LogP contribution is 2.26. The van der Waals surface area contributed by atoms with E-state index >= 15 is 0 Å². The van der Waals surface area contributed by atoms with Crippen molar-refractivity contribution in [2.75, 3.05) is 19.6 Å². The summed E-state index contributed by atoms with van der Waals surface area (Å²) in [6.45, 7) is 8.63. The summed E-state index contributed by atoms with van der Waals surface area (Å²) in [5, 5.41) is 3.70. The highest BCUT2D eigenvalue weighted by Gasteiger charge is 2.30. The molecule has 2 rings (SSSR count). The molecule has 0 bridgehead atoms. The Morgan fingerprint density at radius 2 is 2.00 bits per heavy atom. The number of rotatable bonds is 4. The van der Waals surface area contributed by atoms with Crippen LogP contribution < -0.4 is 5.32 Å². The molecule has 0 radical (unpaired) electrons. The summed E-state index contributed by atoms with van der Waals surface area (Å²) in [6.07, 6.45) is 8.32. The zero-order valence-corrected chi connectivity index (χ0v) is 11.0. The second-order valence-corrected chi connectivity index (χ2v) is 5.57. The van der Waals surface area contributed by atoms with Gasteiger partial charge in [-0.15, -0.1) is 0 Å². The van der Waals surface area contributed by atoms with Gasteiger partial charge in [0, 0.05) is 18.6 Å². The lowest BCUT2D eigenvalue weighted by atomic mass is 9.88. The Hall–Kier alpha value is -0.0800. The van der Waals surface area contributed by atoms with Crippen molar-refractivity contribution < 1.29 is 0 Å². The van der Waals surface area contributed by atoms with Crippen molar-refractivity contribution in [2.45, 2.75) is 64.5 Å². The Morgan fingerprint density at radius 3 is 2.62 bits per heavy atom. The normalized spacial score (nSPS) is 32.4. The quantitative estimate of drug-likeness (QED) is 0.790. The van der Waals surface area contributed by atoms with Gasteiger partial charge in [0.2, 0.25) is 0 Å². The first kappa shape index (κ1) is 12.4. The zero-order chi connectivity index (χ0) is 11.4. The van der Waals surface area contributed by atoms with E-state index in [1.54, 1.807) is 0 Å². The van der Waals surface area contributed by atoms with E-state index in [0.717, 1.165) is 18.0 Å². The predicted octanol–water partition coefficient (Wildman–Crippen LogP) is 2.64. The molecule has 2 heterocycles. The number of hydrogen-bond donors (Lipinski definition) is 1. The van der Waals surface area contributed by atoms with E-state index < -0.39 is 0 Å². The fourth-order valence-corrected chi connectivity index (χ4v) is 3.62. The van der Waals surface area contributed by atoms with E-state index in [1.165, 1.54) is 58.2 Å². The first-order valence-electron chi connectivity index (χ1n) is 7.32. The number of hydrogen-bond acceptors (Lipinski definition) is 2. The highest BCUT2D eigenvalue weighted by molar-refractivity contribution is 4.87. The largest absolute Gasteiger partial charge is 0.314 e. The molecule has 2 saturated heterocycles. The number of nitrogens with one attached hydrogen (secondary N) is 1. The van der Waals surface area contributed by atoms with E-state index in [-0.39, 0.29) is 0 Å². The van der Waals surface area contributed by atoms with Crippen molar-refractivity contribution >= 4 is 0 Å². The highest BCUT2D eigenvalue weighted by atomic mass is 15.2. The second-order valence-electron chi connectivity index (χ2n) is 5.57. The standard InChI is InChI=1S/C14H28N2/c1-3-13(4-2)16-10-6-7-12(11-16)14-8-5-9-15-14/h12-15H,3-11H2,1-2H3. The first-order valence-corrected chi connectivity index (χ1v) is 7.32. The van der Waals surface area contributed by atoms with Crippen LogP contribution in [0.25, 0.3) is 0 Å². The summed E-state index contributed by atoms with van der Waals surface area (Å²) in [5.41, 5.74) is 0. The van der Waals surface area contributed by atoms with Gasteiger partial charge in [-0.05, 0) is 57.5 Å². The van der Waals surface area contributed by atoms with Crippen molar-refractivity contribution in [2.24, 2.45) is 5.92 Å². The minimum atomic E-state index is 0.831. The molecule has 1 N–H and O–H groups in total. The molecule has 2 aliphatic heterocycles. The molecule has 0 saturated carbocycles. The number of nitrogens with zero attached hydrogens (tertiary/aromatic N) is 1. The molecule has 2 nitrogen and oxygen atoms in total. The molecule has 94 valence electrons. The van der Waals surface area contributed by atoms with Crippen molar-refractivity contribution in [3.8, 4) is 0 Å². The van der Waals surface area contributed by atoms with Crippen molar-refractivity contribution in [3.05, 3.63) is 0 Å². The Balaban J connectivity index is 1.87. The van der Waals surface area contributed by atoms with Crippen LogP contribution in [0.5, 0.6) is 0 Å². The third-order valence-electron chi connectivity index (χ3n) is 4.62. The van der Waals surface area contributed by atoms with E-state index in [0.29, 0.717) is 0 Å². The van der Waals surface area contributed by atoms with Crippen LogP contribution in [0.1, 0.15) is 52.4 Å². The molecule has 2 aliphatic rings. The average molecular weight is 224 g/mol. The Labute approximate surface area is 101 Å². The molecule has 2 fully saturated rings. The lowest BCUT2D eigenvalue weighted by molar-refractivity contribution is 0.102. The molecule has 0 aromatic rings. The van der Waals surface area contributed by atoms with Crippen LogP contribution in [-0.2, 0) is 0 Å². The van der Waals surface area contributed by atoms with Gasteiger partial charge in [0.25, 0.3) is 0 Å². The van der Waals surface area contributed by atoms with Gasteiger partial charge in [0.1, 0.15) is 0 Å². The zero-order valence-electron chi connectivity index (χ0n) is 11.0. The fraction of sp³-hybridized carbons (Fsp3) is 1.00. The molecule has 0 aliphatic carbocycles. The van der Waals surface area contributed by atoms with E-state index in [4.69, 9.17) is 0 Å². The van der Waals surface area contributed by atoms with Gasteiger partial charge in [-0.1, -0.05) is 13.8 Å². The second kappa shape index (κ2) is 6.02. The number of piperidine rings is 1. The topological polar surface area (TPSA) is 15.3 Å². The number of likely N-dealkylation sites (tertiary alicyclic amines) is 1. The summed E-state index contributed by atoms with van der Waals surface area (Å²) in [6, 6.07) is 1.67. The molecule has 2 heteroatoms. The van der Waals surface area contributed by atoms with E-state index in [9.17, 15) is 0 Å². The molecule has 0 aromatic carbocycles. The molecular weight excluding hydrogens is 196 g/mol. The van der Waals surface area contributed by atoms with Gasteiger partial charge in [-0.3, -0.25) is 0 Å². The molecule has 2 unspecified atom stereocenters. The van der Waals surface area contributed by atoms with Crippen molar-refractivity contribution in [3.63, 3.8) is 0 Å². The van der Waals surface area contributed by atoms with Gasteiger partial charge in [-0.2, -0.15) is 0 Å². The van der Waals surface area contributed by atoms with Crippen LogP contribution in [0.4, 0.5) is 0 Å². The molecule has 0 spiro atoms. The van der Waals surface area contributed by atoms with Gasteiger partial charge < -0.3 is 10.2 Å². The summed E-state index contributed by atoms with van der Waals surface area (Å²) < 4.78 is 0. The molecule has 0 aromatic heterocycles. The van der Waals surface area contributed by atoms with Gasteiger partial charge in [-0.25, -0.2) is 0 Å². The predicted molar refractivity (Wildman–Crippen MR) is 69.7 cm³/mol. The maximum atomic E-state index is 3.70. The van der Waals surface area contributed by atoms with Crippen LogP contribution >= 0.6 is 0 Å². The summed E-state index contributed by atoms with van der Waals surface area (Å²) >= 11 is 0. The van der Waals surface area contributed by atoms with Crippen LogP contribution in [0, 0.1) is 5.92 Å². The average Bonchev–Trinajstić information content (AvgIpc) is 2.85. The van der Waals surface area contributed by atoms with Gasteiger partial charge in [0.05, 0.1) is 0 Å². The SMILES string of the molecule is CCC(CC)N1CCCC(C2CCCN2)C1. The molecule has 2 atom stereocenters. The van der Waals surface area contributed by atoms with E-state index in [1.807, 2.05) is 0 Å². The van der Waals surface area contributed by atoms with Crippen LogP contribution in [0.15, 0.2) is 0 Å². The maximum Gasteiger partial charge on any atom is 0.0108 e. The fourth-order valence-electron chi connectivity index (χ4n) is 3.62. The van der Waals surface area contributed by atoms with Crippen LogP contribution in [0.3, 0.4) is 0 Å². The van der Waals surface area contributed by atoms with Gasteiger partial charge >= 0.3 is 0 Å². The monoisotopic (exact) mass is 224 g/mol. The van der Waals surface area contributed by atoms with Crippen LogP contribution in [-0.4, -0.2) is 36.6 Å². The smallest absolute Gasteiger partial charge is 0.0108 e. The van der Waals surface area contributed by atoms with Crippen molar-refractivity contribution in [1.29, 1.82) is 0 Å². The Bertz CT molecular complexity index is 187. The molecule has 0 amide bonds. The lowest BCUT2D eigenvalue weighted by Gasteiger charge is -2.40. The summed E-state index contributed by atoms with van der Waals surface area (Å²) in [5.74, 6) is 0.928. The van der Waals surface area contributed by atoms with E-state index in [2.05, 4.69) is 24.1 Å². The minimum Gasteiger partial charge on any atom is -0.314 e. The van der Waals surface area contributed by atoms with Crippen LogP contribution in [0.2, 0.25) is 0 Å². The third-order valence-corrected chi connectivity index (χ3v) is 4.62. The van der Waals surface area contributed by atoms with Crippen molar-refractivity contribution in [1.82, 2.24) is 10.2 Å².